The van der Waals surface area contributed by atoms with Gasteiger partial charge in [0.05, 0.1) is 12.7 Å². The predicted octanol–water partition coefficient (Wildman–Crippen LogP) is 1.73. The van der Waals surface area contributed by atoms with Gasteiger partial charge in [-0.25, -0.2) is 0 Å². The molecule has 0 radical (unpaired) electrons. The third-order valence-corrected chi connectivity index (χ3v) is 3.96. The van der Waals surface area contributed by atoms with Gasteiger partial charge >= 0.3 is 0 Å². The fraction of sp³-hybridized carbons (Fsp3) is 0.917. The molecule has 1 N–H and O–H groups in total. The van der Waals surface area contributed by atoms with E-state index in [0.29, 0.717) is 30.6 Å². The van der Waals surface area contributed by atoms with Crippen molar-refractivity contribution in [3.63, 3.8) is 0 Å². The van der Waals surface area contributed by atoms with Gasteiger partial charge in [0.25, 0.3) is 0 Å². The van der Waals surface area contributed by atoms with Gasteiger partial charge in [-0.2, -0.15) is 0 Å². The van der Waals surface area contributed by atoms with E-state index in [1.54, 1.807) is 0 Å². The lowest BCUT2D eigenvalue weighted by Crippen LogP contribution is -2.46. The molecule has 0 spiro atoms. The summed E-state index contributed by atoms with van der Waals surface area (Å²) in [7, 11) is 0. The summed E-state index contributed by atoms with van der Waals surface area (Å²) in [6.07, 6.45) is 6.64. The Hall–Kier alpha value is -0.570. The molecule has 1 saturated heterocycles. The van der Waals surface area contributed by atoms with Crippen LogP contribution in [0.15, 0.2) is 0 Å². The third-order valence-electron chi connectivity index (χ3n) is 3.96. The van der Waals surface area contributed by atoms with Gasteiger partial charge in [0.15, 0.2) is 0 Å². The summed E-state index contributed by atoms with van der Waals surface area (Å²) in [5.74, 6) is 0.992. The van der Waals surface area contributed by atoms with E-state index in [1.165, 1.54) is 25.7 Å². The second-order valence-corrected chi connectivity index (χ2v) is 4.93. The highest BCUT2D eigenvalue weighted by molar-refractivity contribution is 5.81. The van der Waals surface area contributed by atoms with Crippen LogP contribution in [0.5, 0.6) is 0 Å². The largest absolute Gasteiger partial charge is 0.323 e. The number of rotatable bonds is 3. The smallest absolute Gasteiger partial charge is 0.238 e. The first kappa shape index (κ1) is 10.9. The van der Waals surface area contributed by atoms with E-state index in [1.807, 2.05) is 0 Å². The van der Waals surface area contributed by atoms with Crippen molar-refractivity contribution >= 4 is 5.91 Å². The molecule has 1 aliphatic heterocycles. The lowest BCUT2D eigenvalue weighted by atomic mass is 10.0. The maximum atomic E-state index is 11.8. The van der Waals surface area contributed by atoms with Crippen molar-refractivity contribution in [2.75, 3.05) is 6.54 Å². The van der Waals surface area contributed by atoms with E-state index in [9.17, 15) is 4.79 Å². The van der Waals surface area contributed by atoms with E-state index in [-0.39, 0.29) is 0 Å². The first-order chi connectivity index (χ1) is 7.24. The number of nitrogens with zero attached hydrogens (tertiary/aromatic N) is 1. The first-order valence-electron chi connectivity index (χ1n) is 6.28. The molecule has 0 bridgehead atoms. The molecule has 2 fully saturated rings. The van der Waals surface area contributed by atoms with Crippen LogP contribution in [0.3, 0.4) is 0 Å². The van der Waals surface area contributed by atoms with Crippen molar-refractivity contribution in [3.8, 4) is 0 Å². The Kier molecular flexibility index (Phi) is 3.29. The van der Waals surface area contributed by atoms with Gasteiger partial charge in [-0.1, -0.05) is 19.8 Å². The molecule has 1 saturated carbocycles. The first-order valence-corrected chi connectivity index (χ1v) is 6.28. The van der Waals surface area contributed by atoms with E-state index >= 15 is 0 Å². The molecule has 2 unspecified atom stereocenters. The lowest BCUT2D eigenvalue weighted by Gasteiger charge is -2.33. The van der Waals surface area contributed by atoms with E-state index in [0.717, 1.165) is 6.42 Å². The molecule has 86 valence electrons. The van der Waals surface area contributed by atoms with E-state index in [2.05, 4.69) is 24.1 Å². The lowest BCUT2D eigenvalue weighted by molar-refractivity contribution is -0.130. The predicted molar refractivity (Wildman–Crippen MR) is 60.3 cm³/mol. The molecule has 2 rings (SSSR count). The Bertz CT molecular complexity index is 236. The average Bonchev–Trinajstić information content (AvgIpc) is 2.85. The molecule has 3 nitrogen and oxygen atoms in total. The number of hydrogen-bond donors (Lipinski definition) is 1. The zero-order valence-electron chi connectivity index (χ0n) is 9.83. The summed E-state index contributed by atoms with van der Waals surface area (Å²) in [4.78, 5) is 13.9. The van der Waals surface area contributed by atoms with Crippen molar-refractivity contribution in [2.24, 2.45) is 5.92 Å². The van der Waals surface area contributed by atoms with Gasteiger partial charge in [-0.15, -0.1) is 0 Å². The van der Waals surface area contributed by atoms with E-state index in [4.69, 9.17) is 0 Å². The molecule has 0 aromatic heterocycles. The zero-order chi connectivity index (χ0) is 10.8. The minimum Gasteiger partial charge on any atom is -0.323 e. The molecular formula is C12H22N2O. The Labute approximate surface area is 92.2 Å². The zero-order valence-corrected chi connectivity index (χ0v) is 9.83. The second kappa shape index (κ2) is 4.52. The van der Waals surface area contributed by atoms with Crippen LogP contribution >= 0.6 is 0 Å². The highest BCUT2D eigenvalue weighted by Gasteiger charge is 2.38. The normalized spacial score (nSPS) is 30.1. The minimum absolute atomic E-state index is 0.293. The maximum absolute atomic E-state index is 11.8. The number of carbonyl (C=O) groups excluding carboxylic acids is 1. The molecule has 3 heteroatoms. The average molecular weight is 210 g/mol. The molecule has 1 aliphatic carbocycles. The van der Waals surface area contributed by atoms with Gasteiger partial charge in [0.1, 0.15) is 0 Å². The van der Waals surface area contributed by atoms with Crippen LogP contribution in [0.2, 0.25) is 0 Å². The standard InChI is InChI=1S/C12H22N2O/c1-3-9(2)14-11(15)8-13-12(14)10-6-4-5-7-10/h9-10,12-13H,3-8H2,1-2H3. The Morgan fingerprint density at radius 3 is 2.73 bits per heavy atom. The van der Waals surface area contributed by atoms with Crippen molar-refractivity contribution in [1.29, 1.82) is 0 Å². The van der Waals surface area contributed by atoms with Crippen LogP contribution in [0, 0.1) is 5.92 Å². The van der Waals surface area contributed by atoms with Gasteiger partial charge in [-0.05, 0) is 32.1 Å². The van der Waals surface area contributed by atoms with Crippen LogP contribution in [0.4, 0.5) is 0 Å². The van der Waals surface area contributed by atoms with Crippen molar-refractivity contribution in [3.05, 3.63) is 0 Å². The van der Waals surface area contributed by atoms with Crippen molar-refractivity contribution in [2.45, 2.75) is 58.2 Å². The van der Waals surface area contributed by atoms with Crippen molar-refractivity contribution < 1.29 is 4.79 Å². The number of carbonyl (C=O) groups is 1. The fourth-order valence-corrected chi connectivity index (χ4v) is 2.92. The van der Waals surface area contributed by atoms with Gasteiger partial charge < -0.3 is 4.90 Å². The summed E-state index contributed by atoms with van der Waals surface area (Å²) in [6.45, 7) is 4.86. The van der Waals surface area contributed by atoms with E-state index < -0.39 is 0 Å². The maximum Gasteiger partial charge on any atom is 0.238 e. The summed E-state index contributed by atoms with van der Waals surface area (Å²) >= 11 is 0. The van der Waals surface area contributed by atoms with Crippen LogP contribution in [-0.2, 0) is 4.79 Å². The van der Waals surface area contributed by atoms with Gasteiger partial charge in [-0.3, -0.25) is 10.1 Å². The Balaban J connectivity index is 2.06. The quantitative estimate of drug-likeness (QED) is 0.769. The summed E-state index contributed by atoms with van der Waals surface area (Å²) in [5.41, 5.74) is 0. The highest BCUT2D eigenvalue weighted by atomic mass is 16.2. The van der Waals surface area contributed by atoms with Gasteiger partial charge in [0.2, 0.25) is 5.91 Å². The van der Waals surface area contributed by atoms with Gasteiger partial charge in [0, 0.05) is 6.04 Å². The number of nitrogens with one attached hydrogen (secondary N) is 1. The molecule has 1 amide bonds. The van der Waals surface area contributed by atoms with Crippen LogP contribution < -0.4 is 5.32 Å². The van der Waals surface area contributed by atoms with Crippen LogP contribution in [0.1, 0.15) is 46.0 Å². The fourth-order valence-electron chi connectivity index (χ4n) is 2.92. The molecule has 15 heavy (non-hydrogen) atoms. The SMILES string of the molecule is CCC(C)N1C(=O)CNC1C1CCCC1. The Morgan fingerprint density at radius 1 is 1.47 bits per heavy atom. The highest BCUT2D eigenvalue weighted by Crippen LogP contribution is 2.31. The second-order valence-electron chi connectivity index (χ2n) is 4.93. The van der Waals surface area contributed by atoms with Crippen LogP contribution in [0.25, 0.3) is 0 Å². The summed E-state index contributed by atoms with van der Waals surface area (Å²) < 4.78 is 0. The molecule has 0 aromatic carbocycles. The summed E-state index contributed by atoms with van der Waals surface area (Å²) in [6, 6.07) is 0.387. The molecule has 1 heterocycles. The van der Waals surface area contributed by atoms with Crippen molar-refractivity contribution in [1.82, 2.24) is 10.2 Å². The number of hydrogen-bond acceptors (Lipinski definition) is 2. The Morgan fingerprint density at radius 2 is 2.13 bits per heavy atom. The molecule has 0 aromatic rings. The number of amides is 1. The molecular weight excluding hydrogens is 188 g/mol. The minimum atomic E-state index is 0.293. The third kappa shape index (κ3) is 2.03. The molecule has 2 aliphatic rings. The van der Waals surface area contributed by atoms with Crippen LogP contribution in [-0.4, -0.2) is 29.6 Å². The topological polar surface area (TPSA) is 32.3 Å². The molecule has 2 atom stereocenters. The summed E-state index contributed by atoms with van der Waals surface area (Å²) in [5, 5.41) is 3.39. The monoisotopic (exact) mass is 210 g/mol.